The average molecular weight is 177 g/mol. The predicted molar refractivity (Wildman–Crippen MR) is 33.5 cm³/mol. The minimum absolute atomic E-state index is 0.238. The Labute approximate surface area is 65.9 Å². The first-order valence-electron chi connectivity index (χ1n) is 3.16. The molecule has 0 aromatic carbocycles. The van der Waals surface area contributed by atoms with Crippen LogP contribution in [0.2, 0.25) is 0 Å². The maximum atomic E-state index is 12.4. The quantitative estimate of drug-likeness (QED) is 0.275. The van der Waals surface area contributed by atoms with Gasteiger partial charge in [-0.15, -0.1) is 0 Å². The first-order chi connectivity index (χ1) is 5.56. The van der Waals surface area contributed by atoms with Gasteiger partial charge in [-0.25, -0.2) is 4.79 Å². The van der Waals surface area contributed by atoms with Crippen LogP contribution < -0.4 is 0 Å². The van der Waals surface area contributed by atoms with E-state index in [0.29, 0.717) is 0 Å². The van der Waals surface area contributed by atoms with Gasteiger partial charge in [0.2, 0.25) is 0 Å². The molecule has 0 aromatic heterocycles. The molecule has 1 rings (SSSR count). The van der Waals surface area contributed by atoms with Crippen molar-refractivity contribution in [3.63, 3.8) is 0 Å². The third kappa shape index (κ3) is 1.62. The van der Waals surface area contributed by atoms with Gasteiger partial charge in [0.05, 0.1) is 13.0 Å². The lowest BCUT2D eigenvalue weighted by atomic mass is 10.2. The third-order valence-corrected chi connectivity index (χ3v) is 1.40. The first-order valence-corrected chi connectivity index (χ1v) is 3.16. The van der Waals surface area contributed by atoms with E-state index >= 15 is 0 Å². The van der Waals surface area contributed by atoms with Crippen LogP contribution in [-0.4, -0.2) is 24.5 Å². The first kappa shape index (κ1) is 8.73. The van der Waals surface area contributed by atoms with Gasteiger partial charge >= 0.3 is 11.9 Å². The number of carbonyl (C=O) groups is 1. The van der Waals surface area contributed by atoms with Crippen molar-refractivity contribution >= 4 is 5.97 Å². The molecule has 1 atom stereocenters. The van der Waals surface area contributed by atoms with E-state index < -0.39 is 24.4 Å². The molecule has 0 spiro atoms. The van der Waals surface area contributed by atoms with Crippen LogP contribution in [0.4, 0.5) is 8.78 Å². The van der Waals surface area contributed by atoms with Crippen molar-refractivity contribution in [3.05, 3.63) is 10.4 Å². The normalized spacial score (nSPS) is 26.2. The Morgan fingerprint density at radius 3 is 2.92 bits per heavy atom. The summed E-state index contributed by atoms with van der Waals surface area (Å²) >= 11 is 0. The van der Waals surface area contributed by atoms with Crippen molar-refractivity contribution in [1.29, 1.82) is 0 Å². The number of cyclic esters (lactones) is 1. The van der Waals surface area contributed by atoms with Gasteiger partial charge in [-0.2, -0.15) is 8.78 Å². The van der Waals surface area contributed by atoms with Gasteiger partial charge in [-0.05, 0) is 5.53 Å². The van der Waals surface area contributed by atoms with E-state index in [1.54, 1.807) is 0 Å². The van der Waals surface area contributed by atoms with Crippen LogP contribution in [0.25, 0.3) is 10.4 Å². The van der Waals surface area contributed by atoms with Gasteiger partial charge in [-0.3, -0.25) is 0 Å². The fraction of sp³-hybridized carbons (Fsp3) is 0.800. The Morgan fingerprint density at radius 2 is 2.50 bits per heavy atom. The highest BCUT2D eigenvalue weighted by Gasteiger charge is 2.50. The van der Waals surface area contributed by atoms with Crippen LogP contribution in [0, 0.1) is 0 Å². The maximum Gasteiger partial charge on any atom is 0.377 e. The van der Waals surface area contributed by atoms with Gasteiger partial charge < -0.3 is 4.74 Å². The lowest BCUT2D eigenvalue weighted by Gasteiger charge is -2.01. The highest BCUT2D eigenvalue weighted by Crippen LogP contribution is 2.30. The number of alkyl halides is 2. The summed E-state index contributed by atoms with van der Waals surface area (Å²) < 4.78 is 29.0. The summed E-state index contributed by atoms with van der Waals surface area (Å²) in [6, 6.07) is 0. The highest BCUT2D eigenvalue weighted by atomic mass is 19.3. The lowest BCUT2D eigenvalue weighted by Crippen LogP contribution is -2.21. The minimum atomic E-state index is -3.42. The average Bonchev–Trinajstić information content (AvgIpc) is 2.22. The molecular formula is C5H5F2N3O2. The highest BCUT2D eigenvalue weighted by molar-refractivity contribution is 5.79. The van der Waals surface area contributed by atoms with Crippen LogP contribution in [0.15, 0.2) is 5.11 Å². The maximum absolute atomic E-state index is 12.4. The molecule has 66 valence electrons. The molecule has 12 heavy (non-hydrogen) atoms. The van der Waals surface area contributed by atoms with Gasteiger partial charge in [0.25, 0.3) is 0 Å². The zero-order chi connectivity index (χ0) is 9.19. The van der Waals surface area contributed by atoms with Gasteiger partial charge in [0, 0.05) is 4.91 Å². The minimum Gasteiger partial charge on any atom is -0.458 e. The number of rotatable bonds is 2. The van der Waals surface area contributed by atoms with Crippen molar-refractivity contribution in [3.8, 4) is 0 Å². The number of ether oxygens (including phenoxy) is 1. The molecule has 0 amide bonds. The van der Waals surface area contributed by atoms with Crippen LogP contribution in [0.3, 0.4) is 0 Å². The second kappa shape index (κ2) is 2.94. The summed E-state index contributed by atoms with van der Waals surface area (Å²) in [5.74, 6) is -4.96. The second-order valence-electron chi connectivity index (χ2n) is 2.35. The summed E-state index contributed by atoms with van der Waals surface area (Å²) in [5.41, 5.74) is 7.85. The molecule has 1 saturated heterocycles. The van der Waals surface area contributed by atoms with Crippen molar-refractivity contribution in [2.75, 3.05) is 6.54 Å². The van der Waals surface area contributed by atoms with Crippen molar-refractivity contribution in [2.45, 2.75) is 18.4 Å². The summed E-state index contributed by atoms with van der Waals surface area (Å²) in [6.45, 7) is -0.238. The molecule has 7 heteroatoms. The fourth-order valence-electron chi connectivity index (χ4n) is 0.878. The van der Waals surface area contributed by atoms with E-state index in [4.69, 9.17) is 5.53 Å². The van der Waals surface area contributed by atoms with E-state index in [1.807, 2.05) is 0 Å². The Morgan fingerprint density at radius 1 is 1.83 bits per heavy atom. The monoisotopic (exact) mass is 177 g/mol. The lowest BCUT2D eigenvalue weighted by molar-refractivity contribution is -0.158. The molecule has 0 aromatic rings. The molecule has 1 heterocycles. The van der Waals surface area contributed by atoms with Gasteiger partial charge in [-0.1, -0.05) is 5.11 Å². The molecule has 0 saturated carbocycles. The molecule has 1 fully saturated rings. The Hall–Kier alpha value is -1.36. The number of hydrogen-bond acceptors (Lipinski definition) is 3. The summed E-state index contributed by atoms with van der Waals surface area (Å²) in [5, 5.41) is 3.02. The molecular weight excluding hydrogens is 172 g/mol. The number of halogens is 2. The standard InChI is InChI=1S/C5H5F2N3O2/c6-5(7)1-3(2-9-10-8)12-4(5)11/h3H,1-2H2/t3-/m0/s1. The molecule has 1 aliphatic heterocycles. The molecule has 0 aliphatic carbocycles. The molecule has 5 nitrogen and oxygen atoms in total. The SMILES string of the molecule is [N-]=[N+]=NC[C@@H]1CC(F)(F)C(=O)O1. The molecule has 0 bridgehead atoms. The summed E-state index contributed by atoms with van der Waals surface area (Å²) in [6.07, 6.45) is -1.69. The smallest absolute Gasteiger partial charge is 0.377 e. The Bertz CT molecular complexity index is 249. The van der Waals surface area contributed by atoms with E-state index in [-0.39, 0.29) is 6.54 Å². The number of azide groups is 1. The number of carbonyl (C=O) groups excluding carboxylic acids is 1. The number of nitrogens with zero attached hydrogens (tertiary/aromatic N) is 3. The zero-order valence-electron chi connectivity index (χ0n) is 5.91. The van der Waals surface area contributed by atoms with E-state index in [2.05, 4.69) is 14.8 Å². The molecule has 1 aliphatic rings. The Balaban J connectivity index is 2.55. The number of esters is 1. The Kier molecular flexibility index (Phi) is 2.14. The summed E-state index contributed by atoms with van der Waals surface area (Å²) in [7, 11) is 0. The van der Waals surface area contributed by atoms with E-state index in [1.165, 1.54) is 0 Å². The van der Waals surface area contributed by atoms with Crippen LogP contribution >= 0.6 is 0 Å². The van der Waals surface area contributed by atoms with E-state index in [0.717, 1.165) is 0 Å². The van der Waals surface area contributed by atoms with Crippen molar-refractivity contribution < 1.29 is 18.3 Å². The molecule has 0 N–H and O–H groups in total. The van der Waals surface area contributed by atoms with Crippen molar-refractivity contribution in [2.24, 2.45) is 5.11 Å². The number of hydrogen-bond donors (Lipinski definition) is 0. The van der Waals surface area contributed by atoms with Gasteiger partial charge in [0.15, 0.2) is 0 Å². The van der Waals surface area contributed by atoms with Crippen LogP contribution in [0.5, 0.6) is 0 Å². The molecule has 0 unspecified atom stereocenters. The zero-order valence-corrected chi connectivity index (χ0v) is 5.91. The molecule has 0 radical (unpaired) electrons. The fourth-order valence-corrected chi connectivity index (χ4v) is 0.878. The summed E-state index contributed by atoms with van der Waals surface area (Å²) in [4.78, 5) is 12.7. The second-order valence-corrected chi connectivity index (χ2v) is 2.35. The third-order valence-electron chi connectivity index (χ3n) is 1.40. The van der Waals surface area contributed by atoms with Gasteiger partial charge in [0.1, 0.15) is 6.10 Å². The largest absolute Gasteiger partial charge is 0.458 e. The topological polar surface area (TPSA) is 75.1 Å². The van der Waals surface area contributed by atoms with Crippen LogP contribution in [0.1, 0.15) is 6.42 Å². The van der Waals surface area contributed by atoms with Crippen LogP contribution in [-0.2, 0) is 9.53 Å². The van der Waals surface area contributed by atoms with Crippen molar-refractivity contribution in [1.82, 2.24) is 0 Å². The van der Waals surface area contributed by atoms with E-state index in [9.17, 15) is 13.6 Å². The predicted octanol–water partition coefficient (Wildman–Crippen LogP) is 1.25.